The first kappa shape index (κ1) is 18.0. The zero-order valence-corrected chi connectivity index (χ0v) is 17.9. The number of hydrogen-bond donors (Lipinski definition) is 0. The predicted octanol–water partition coefficient (Wildman–Crippen LogP) is 7.26. The fourth-order valence-electron chi connectivity index (χ4n) is 7.60. The second-order valence-corrected chi connectivity index (χ2v) is 9.94. The average molecular weight is 405 g/mol. The highest BCUT2D eigenvalue weighted by molar-refractivity contribution is 5.69. The molecule has 1 saturated carbocycles. The van der Waals surface area contributed by atoms with Crippen LogP contribution in [0.2, 0.25) is 0 Å². The smallest absolute Gasteiger partial charge is 0.143 e. The number of fused-ring (bicyclic) bond motifs is 8. The van der Waals surface area contributed by atoms with Gasteiger partial charge in [0, 0.05) is 0 Å². The molecule has 2 bridgehead atoms. The van der Waals surface area contributed by atoms with E-state index in [1.807, 2.05) is 0 Å². The van der Waals surface area contributed by atoms with Gasteiger partial charge in [0.05, 0.1) is 0 Å². The summed E-state index contributed by atoms with van der Waals surface area (Å²) in [6.07, 6.45) is 9.08. The van der Waals surface area contributed by atoms with Crippen LogP contribution in [0.4, 0.5) is 0 Å². The molecule has 0 saturated heterocycles. The molecule has 0 aromatic heterocycles. The van der Waals surface area contributed by atoms with Crippen molar-refractivity contribution >= 4 is 0 Å². The zero-order valence-electron chi connectivity index (χ0n) is 17.9. The molecule has 1 fully saturated rings. The molecule has 0 N–H and O–H groups in total. The molecule has 3 aromatic rings. The van der Waals surface area contributed by atoms with Crippen molar-refractivity contribution in [1.29, 1.82) is 0 Å². The van der Waals surface area contributed by atoms with Crippen LogP contribution in [0, 0.1) is 5.41 Å². The molecule has 1 heteroatoms. The lowest BCUT2D eigenvalue weighted by molar-refractivity contribution is -0.0384. The molecule has 2 aliphatic heterocycles. The Bertz CT molecular complexity index is 1190. The van der Waals surface area contributed by atoms with Gasteiger partial charge in [0.1, 0.15) is 11.2 Å². The Hall–Kier alpha value is -2.64. The summed E-state index contributed by atoms with van der Waals surface area (Å²) in [7, 11) is 0. The molecule has 0 amide bonds. The molecule has 2 atom stereocenters. The molecule has 0 radical (unpaired) electrons. The highest BCUT2D eigenvalue weighted by Gasteiger charge is 2.69. The molecule has 1 nitrogen and oxygen atoms in total. The van der Waals surface area contributed by atoms with Crippen molar-refractivity contribution in [2.75, 3.05) is 0 Å². The molecule has 3 aromatic carbocycles. The molecule has 2 aliphatic carbocycles. The van der Waals surface area contributed by atoms with Crippen molar-refractivity contribution in [2.24, 2.45) is 5.41 Å². The van der Waals surface area contributed by atoms with Crippen LogP contribution < -0.4 is 0 Å². The molecule has 154 valence electrons. The van der Waals surface area contributed by atoms with E-state index in [4.69, 9.17) is 4.74 Å². The summed E-state index contributed by atoms with van der Waals surface area (Å²) >= 11 is 0. The summed E-state index contributed by atoms with van der Waals surface area (Å²) in [5.41, 5.74) is 7.95. The summed E-state index contributed by atoms with van der Waals surface area (Å²) in [6.45, 7) is 0. The van der Waals surface area contributed by atoms with Crippen LogP contribution in [-0.2, 0) is 15.9 Å². The highest BCUT2D eigenvalue weighted by atomic mass is 16.5. The van der Waals surface area contributed by atoms with Crippen molar-refractivity contribution in [1.82, 2.24) is 0 Å². The maximum absolute atomic E-state index is 7.55. The standard InChI is InChI=1S/C30H28O/c1-3-12-22(13-4-1)29-24-16-7-8-17-25(24)30(31-29,23-14-5-2-6-15-23)27-26(29)18-11-21-28(27)19-9-10-20-28/h1-8,12-17H,9-11,18-21H2. The van der Waals surface area contributed by atoms with Crippen molar-refractivity contribution in [3.63, 3.8) is 0 Å². The van der Waals surface area contributed by atoms with Crippen LogP contribution in [0.3, 0.4) is 0 Å². The summed E-state index contributed by atoms with van der Waals surface area (Å²) in [5.74, 6) is 0. The van der Waals surface area contributed by atoms with Crippen molar-refractivity contribution in [2.45, 2.75) is 56.1 Å². The van der Waals surface area contributed by atoms with E-state index < -0.39 is 11.2 Å². The number of hydrogen-bond acceptors (Lipinski definition) is 1. The van der Waals surface area contributed by atoms with Gasteiger partial charge in [-0.05, 0) is 70.9 Å². The summed E-state index contributed by atoms with van der Waals surface area (Å²) in [6, 6.07) is 31.2. The Balaban J connectivity index is 1.63. The van der Waals surface area contributed by atoms with Crippen LogP contribution in [0.15, 0.2) is 96.1 Å². The Labute approximate surface area is 184 Å². The summed E-state index contributed by atoms with van der Waals surface area (Å²) in [5, 5.41) is 0. The minimum Gasteiger partial charge on any atom is -0.341 e. The minimum atomic E-state index is -0.451. The minimum absolute atomic E-state index is 0.299. The van der Waals surface area contributed by atoms with E-state index in [2.05, 4.69) is 84.9 Å². The third kappa shape index (κ3) is 2.06. The summed E-state index contributed by atoms with van der Waals surface area (Å²) < 4.78 is 7.55. The zero-order chi connectivity index (χ0) is 20.5. The van der Waals surface area contributed by atoms with E-state index >= 15 is 0 Å². The first-order valence-corrected chi connectivity index (χ1v) is 12.0. The first-order valence-electron chi connectivity index (χ1n) is 12.0. The number of rotatable bonds is 2. The van der Waals surface area contributed by atoms with Gasteiger partial charge in [-0.2, -0.15) is 0 Å². The topological polar surface area (TPSA) is 9.23 Å². The normalized spacial score (nSPS) is 29.9. The van der Waals surface area contributed by atoms with Crippen LogP contribution in [0.1, 0.15) is 67.2 Å². The van der Waals surface area contributed by atoms with E-state index in [1.54, 1.807) is 11.1 Å². The van der Waals surface area contributed by atoms with Gasteiger partial charge in [0.15, 0.2) is 0 Å². The van der Waals surface area contributed by atoms with E-state index in [1.165, 1.54) is 60.8 Å². The van der Waals surface area contributed by atoms with Gasteiger partial charge in [-0.25, -0.2) is 0 Å². The second-order valence-electron chi connectivity index (χ2n) is 9.94. The molecule has 4 aliphatic rings. The monoisotopic (exact) mass is 404 g/mol. The van der Waals surface area contributed by atoms with E-state index in [9.17, 15) is 0 Å². The van der Waals surface area contributed by atoms with Crippen molar-refractivity contribution < 1.29 is 4.74 Å². The lowest BCUT2D eigenvalue weighted by Crippen LogP contribution is -2.39. The SMILES string of the molecule is c1ccc(C23OC(c4ccccc4)(C4=C2CCCC42CCCC2)c2ccccc23)cc1. The number of benzene rings is 3. The Morgan fingerprint density at radius 3 is 1.71 bits per heavy atom. The van der Waals surface area contributed by atoms with Crippen molar-refractivity contribution in [3.8, 4) is 0 Å². The highest BCUT2D eigenvalue weighted by Crippen LogP contribution is 2.73. The largest absolute Gasteiger partial charge is 0.341 e. The third-order valence-electron chi connectivity index (χ3n) is 8.60. The Morgan fingerprint density at radius 1 is 0.548 bits per heavy atom. The lowest BCUT2D eigenvalue weighted by Gasteiger charge is -2.45. The molecular weight excluding hydrogens is 376 g/mol. The molecule has 7 rings (SSSR count). The van der Waals surface area contributed by atoms with Crippen LogP contribution in [0.5, 0.6) is 0 Å². The molecular formula is C30H28O. The van der Waals surface area contributed by atoms with Gasteiger partial charge in [0.2, 0.25) is 0 Å². The van der Waals surface area contributed by atoms with Crippen molar-refractivity contribution in [3.05, 3.63) is 118 Å². The van der Waals surface area contributed by atoms with E-state index in [-0.39, 0.29) is 0 Å². The van der Waals surface area contributed by atoms with Gasteiger partial charge < -0.3 is 4.74 Å². The quantitative estimate of drug-likeness (QED) is 0.408. The molecule has 31 heavy (non-hydrogen) atoms. The third-order valence-corrected chi connectivity index (χ3v) is 8.60. The van der Waals surface area contributed by atoms with Crippen LogP contribution in [0.25, 0.3) is 0 Å². The average Bonchev–Trinajstić information content (AvgIpc) is 3.52. The Morgan fingerprint density at radius 2 is 1.06 bits per heavy atom. The van der Waals surface area contributed by atoms with Gasteiger partial charge in [-0.15, -0.1) is 0 Å². The van der Waals surface area contributed by atoms with Gasteiger partial charge in [-0.1, -0.05) is 97.8 Å². The Kier molecular flexibility index (Phi) is 3.60. The first-order chi connectivity index (χ1) is 15.3. The van der Waals surface area contributed by atoms with E-state index in [0.717, 1.165) is 6.42 Å². The fourth-order valence-corrected chi connectivity index (χ4v) is 7.60. The number of ether oxygens (including phenoxy) is 1. The molecule has 2 heterocycles. The predicted molar refractivity (Wildman–Crippen MR) is 124 cm³/mol. The van der Waals surface area contributed by atoms with Gasteiger partial charge >= 0.3 is 0 Å². The second kappa shape index (κ2) is 6.20. The summed E-state index contributed by atoms with van der Waals surface area (Å²) in [4.78, 5) is 0. The van der Waals surface area contributed by atoms with E-state index in [0.29, 0.717) is 5.41 Å². The van der Waals surface area contributed by atoms with Gasteiger partial charge in [0.25, 0.3) is 0 Å². The fraction of sp³-hybridized carbons (Fsp3) is 0.333. The van der Waals surface area contributed by atoms with Crippen LogP contribution >= 0.6 is 0 Å². The molecule has 1 spiro atoms. The maximum Gasteiger partial charge on any atom is 0.143 e. The maximum atomic E-state index is 7.55. The molecule has 2 unspecified atom stereocenters. The van der Waals surface area contributed by atoms with Gasteiger partial charge in [-0.3, -0.25) is 0 Å². The van der Waals surface area contributed by atoms with Crippen LogP contribution in [-0.4, -0.2) is 0 Å². The lowest BCUT2D eigenvalue weighted by atomic mass is 9.56.